The Bertz CT molecular complexity index is 444. The molecule has 1 N–H and O–H groups in total. The van der Waals surface area contributed by atoms with Crippen molar-refractivity contribution in [1.82, 2.24) is 10.2 Å². The van der Waals surface area contributed by atoms with Gasteiger partial charge in [0.1, 0.15) is 5.75 Å². The number of nitrogens with zero attached hydrogens (tertiary/aromatic N) is 1. The highest BCUT2D eigenvalue weighted by molar-refractivity contribution is 5.94. The van der Waals surface area contributed by atoms with Gasteiger partial charge in [0, 0.05) is 31.2 Å². The van der Waals surface area contributed by atoms with Gasteiger partial charge in [-0.15, -0.1) is 0 Å². The fourth-order valence-electron chi connectivity index (χ4n) is 2.30. The van der Waals surface area contributed by atoms with Gasteiger partial charge in [-0.05, 0) is 44.5 Å². The third-order valence-electron chi connectivity index (χ3n) is 3.78. The number of carbonyl (C=O) groups is 1. The standard InChI is InChI=1S/C16H24N2O2/c1-4-13(3)20-15-7-5-14(6-8-15)16(19)18-10-9-17-11-12(18)2/h5-8,12-13,17H,4,9-11H2,1-3H3/t12-,13?/m0/s1. The lowest BCUT2D eigenvalue weighted by molar-refractivity contribution is 0.0655. The second kappa shape index (κ2) is 6.75. The molecule has 1 amide bonds. The molecule has 0 radical (unpaired) electrons. The number of hydrogen-bond donors (Lipinski definition) is 1. The molecule has 0 saturated carbocycles. The molecule has 0 bridgehead atoms. The average molecular weight is 276 g/mol. The van der Waals surface area contributed by atoms with Crippen LogP contribution < -0.4 is 10.1 Å². The van der Waals surface area contributed by atoms with Gasteiger partial charge in [-0.1, -0.05) is 6.92 Å². The highest BCUT2D eigenvalue weighted by Crippen LogP contribution is 2.17. The molecule has 4 heteroatoms. The van der Waals surface area contributed by atoms with Gasteiger partial charge in [0.2, 0.25) is 0 Å². The molecule has 1 aliphatic rings. The fraction of sp³-hybridized carbons (Fsp3) is 0.562. The van der Waals surface area contributed by atoms with Gasteiger partial charge < -0.3 is 15.0 Å². The Hall–Kier alpha value is -1.55. The van der Waals surface area contributed by atoms with Crippen molar-refractivity contribution in [3.63, 3.8) is 0 Å². The maximum Gasteiger partial charge on any atom is 0.254 e. The summed E-state index contributed by atoms with van der Waals surface area (Å²) in [4.78, 5) is 14.4. The summed E-state index contributed by atoms with van der Waals surface area (Å²) in [6, 6.07) is 7.72. The van der Waals surface area contributed by atoms with Gasteiger partial charge in [0.25, 0.3) is 5.91 Å². The minimum Gasteiger partial charge on any atom is -0.491 e. The van der Waals surface area contributed by atoms with E-state index in [1.807, 2.05) is 36.1 Å². The predicted octanol–water partition coefficient (Wildman–Crippen LogP) is 2.30. The van der Waals surface area contributed by atoms with Gasteiger partial charge in [-0.3, -0.25) is 4.79 Å². The number of rotatable bonds is 4. The van der Waals surface area contributed by atoms with Gasteiger partial charge in [-0.2, -0.15) is 0 Å². The summed E-state index contributed by atoms with van der Waals surface area (Å²) in [6.45, 7) is 8.71. The molecule has 2 atom stereocenters. The summed E-state index contributed by atoms with van der Waals surface area (Å²) in [5.41, 5.74) is 0.732. The van der Waals surface area contributed by atoms with Crippen LogP contribution in [-0.4, -0.2) is 42.6 Å². The van der Waals surface area contributed by atoms with Crippen LogP contribution in [0, 0.1) is 0 Å². The number of benzene rings is 1. The van der Waals surface area contributed by atoms with E-state index in [4.69, 9.17) is 4.74 Å². The Labute approximate surface area is 121 Å². The molecule has 1 unspecified atom stereocenters. The molecule has 1 aliphatic heterocycles. The van der Waals surface area contributed by atoms with E-state index in [1.165, 1.54) is 0 Å². The molecule has 1 aromatic rings. The SMILES string of the molecule is CCC(C)Oc1ccc(C(=O)N2CCNC[C@@H]2C)cc1. The Morgan fingerprint density at radius 3 is 2.75 bits per heavy atom. The van der Waals surface area contributed by atoms with Gasteiger partial charge in [-0.25, -0.2) is 0 Å². The quantitative estimate of drug-likeness (QED) is 0.917. The first-order chi connectivity index (χ1) is 9.61. The highest BCUT2D eigenvalue weighted by atomic mass is 16.5. The third-order valence-corrected chi connectivity index (χ3v) is 3.78. The molecule has 20 heavy (non-hydrogen) atoms. The van der Waals surface area contributed by atoms with Crippen LogP contribution in [0.25, 0.3) is 0 Å². The number of nitrogens with one attached hydrogen (secondary N) is 1. The van der Waals surface area contributed by atoms with Gasteiger partial charge in [0.05, 0.1) is 6.10 Å². The van der Waals surface area contributed by atoms with Crippen LogP contribution in [-0.2, 0) is 0 Å². The van der Waals surface area contributed by atoms with Crippen LogP contribution in [0.15, 0.2) is 24.3 Å². The number of ether oxygens (including phenoxy) is 1. The van der Waals surface area contributed by atoms with Crippen LogP contribution >= 0.6 is 0 Å². The van der Waals surface area contributed by atoms with Crippen LogP contribution in [0.3, 0.4) is 0 Å². The van der Waals surface area contributed by atoms with E-state index in [2.05, 4.69) is 19.2 Å². The lowest BCUT2D eigenvalue weighted by Crippen LogP contribution is -2.52. The summed E-state index contributed by atoms with van der Waals surface area (Å²) in [6.07, 6.45) is 1.17. The zero-order valence-electron chi connectivity index (χ0n) is 12.6. The van der Waals surface area contributed by atoms with Crippen LogP contribution in [0.5, 0.6) is 5.75 Å². The van der Waals surface area contributed by atoms with E-state index in [-0.39, 0.29) is 18.1 Å². The molecule has 0 aromatic heterocycles. The summed E-state index contributed by atoms with van der Waals surface area (Å²) < 4.78 is 5.73. The van der Waals surface area contributed by atoms with E-state index in [1.54, 1.807) is 0 Å². The molecule has 0 spiro atoms. The first kappa shape index (κ1) is 14.9. The highest BCUT2D eigenvalue weighted by Gasteiger charge is 2.23. The molecule has 0 aliphatic carbocycles. The minimum atomic E-state index is 0.106. The summed E-state index contributed by atoms with van der Waals surface area (Å²) in [7, 11) is 0. The Balaban J connectivity index is 2.03. The second-order valence-electron chi connectivity index (χ2n) is 5.41. The normalized spacial score (nSPS) is 20.6. The van der Waals surface area contributed by atoms with E-state index >= 15 is 0 Å². The molecule has 1 heterocycles. The fourth-order valence-corrected chi connectivity index (χ4v) is 2.30. The number of hydrogen-bond acceptors (Lipinski definition) is 3. The summed E-state index contributed by atoms with van der Waals surface area (Å²) in [5.74, 6) is 0.929. The Morgan fingerprint density at radius 2 is 2.15 bits per heavy atom. The first-order valence-corrected chi connectivity index (χ1v) is 7.40. The van der Waals surface area contributed by atoms with Crippen molar-refractivity contribution in [2.75, 3.05) is 19.6 Å². The van der Waals surface area contributed by atoms with Crippen LogP contribution in [0.2, 0.25) is 0 Å². The molecule has 1 aromatic carbocycles. The summed E-state index contributed by atoms with van der Waals surface area (Å²) >= 11 is 0. The molecule has 4 nitrogen and oxygen atoms in total. The summed E-state index contributed by atoms with van der Waals surface area (Å²) in [5, 5.41) is 3.29. The van der Waals surface area contributed by atoms with Crippen molar-refractivity contribution in [3.05, 3.63) is 29.8 Å². The zero-order chi connectivity index (χ0) is 14.5. The molecular formula is C16H24N2O2. The molecule has 2 rings (SSSR count). The van der Waals surface area contributed by atoms with Crippen molar-refractivity contribution < 1.29 is 9.53 Å². The zero-order valence-corrected chi connectivity index (χ0v) is 12.6. The second-order valence-corrected chi connectivity index (χ2v) is 5.41. The van der Waals surface area contributed by atoms with Crippen molar-refractivity contribution in [2.45, 2.75) is 39.3 Å². The van der Waals surface area contributed by atoms with E-state index < -0.39 is 0 Å². The van der Waals surface area contributed by atoms with Crippen LogP contribution in [0.1, 0.15) is 37.6 Å². The largest absolute Gasteiger partial charge is 0.491 e. The van der Waals surface area contributed by atoms with Crippen molar-refractivity contribution in [1.29, 1.82) is 0 Å². The van der Waals surface area contributed by atoms with Gasteiger partial charge >= 0.3 is 0 Å². The predicted molar refractivity (Wildman–Crippen MR) is 80.2 cm³/mol. The molecular weight excluding hydrogens is 252 g/mol. The van der Waals surface area contributed by atoms with E-state index in [0.29, 0.717) is 0 Å². The number of amides is 1. The number of carbonyl (C=O) groups excluding carboxylic acids is 1. The smallest absolute Gasteiger partial charge is 0.254 e. The van der Waals surface area contributed by atoms with Crippen molar-refractivity contribution in [3.8, 4) is 5.75 Å². The Morgan fingerprint density at radius 1 is 1.45 bits per heavy atom. The number of piperazine rings is 1. The van der Waals surface area contributed by atoms with E-state index in [0.717, 1.165) is 37.4 Å². The Kier molecular flexibility index (Phi) is 5.01. The van der Waals surface area contributed by atoms with E-state index in [9.17, 15) is 4.79 Å². The maximum atomic E-state index is 12.5. The van der Waals surface area contributed by atoms with Gasteiger partial charge in [0.15, 0.2) is 0 Å². The van der Waals surface area contributed by atoms with Crippen molar-refractivity contribution in [2.24, 2.45) is 0 Å². The lowest BCUT2D eigenvalue weighted by atomic mass is 10.1. The maximum absolute atomic E-state index is 12.5. The van der Waals surface area contributed by atoms with Crippen LogP contribution in [0.4, 0.5) is 0 Å². The average Bonchev–Trinajstić information content (AvgIpc) is 2.47. The molecule has 1 fully saturated rings. The third kappa shape index (κ3) is 3.51. The van der Waals surface area contributed by atoms with Crippen molar-refractivity contribution >= 4 is 5.91 Å². The molecule has 110 valence electrons. The lowest BCUT2D eigenvalue weighted by Gasteiger charge is -2.34. The molecule has 1 saturated heterocycles. The minimum absolute atomic E-state index is 0.106. The first-order valence-electron chi connectivity index (χ1n) is 7.40. The monoisotopic (exact) mass is 276 g/mol. The topological polar surface area (TPSA) is 41.6 Å².